The summed E-state index contributed by atoms with van der Waals surface area (Å²) >= 11 is 2.78. The highest BCUT2D eigenvalue weighted by molar-refractivity contribution is 9.10. The van der Waals surface area contributed by atoms with Gasteiger partial charge in [-0.15, -0.1) is 0 Å². The van der Waals surface area contributed by atoms with Gasteiger partial charge >= 0.3 is 6.18 Å². The van der Waals surface area contributed by atoms with Crippen molar-refractivity contribution in [2.24, 2.45) is 0 Å². The third-order valence-corrected chi connectivity index (χ3v) is 4.15. The maximum Gasteiger partial charge on any atom is 0.417 e. The maximum atomic E-state index is 12.6. The lowest BCUT2D eigenvalue weighted by molar-refractivity contribution is -0.138. The van der Waals surface area contributed by atoms with Crippen molar-refractivity contribution < 1.29 is 21.6 Å². The van der Waals surface area contributed by atoms with Gasteiger partial charge in [0, 0.05) is 16.7 Å². The molecule has 0 fully saturated rings. The van der Waals surface area contributed by atoms with Gasteiger partial charge in [-0.3, -0.25) is 4.72 Å². The van der Waals surface area contributed by atoms with Crippen LogP contribution in [0.4, 0.5) is 18.9 Å². The van der Waals surface area contributed by atoms with Crippen LogP contribution >= 0.6 is 15.9 Å². The van der Waals surface area contributed by atoms with Crippen molar-refractivity contribution in [3.05, 3.63) is 28.2 Å². The van der Waals surface area contributed by atoms with Crippen LogP contribution in [-0.2, 0) is 16.2 Å². The molecule has 0 saturated carbocycles. The molecule has 1 rings (SSSR count). The van der Waals surface area contributed by atoms with Crippen molar-refractivity contribution in [1.29, 1.82) is 0 Å². The number of anilines is 1. The van der Waals surface area contributed by atoms with E-state index < -0.39 is 21.8 Å². The number of benzene rings is 1. The monoisotopic (exact) mass is 360 g/mol. The summed E-state index contributed by atoms with van der Waals surface area (Å²) in [6, 6.07) is 3.16. The second-order valence-corrected chi connectivity index (χ2v) is 6.41. The number of hydrogen-bond donors (Lipinski definition) is 2. The van der Waals surface area contributed by atoms with Gasteiger partial charge in [0.1, 0.15) is 0 Å². The first kappa shape index (κ1) is 16.3. The maximum absolute atomic E-state index is 12.6. The van der Waals surface area contributed by atoms with E-state index in [-0.39, 0.29) is 22.5 Å². The summed E-state index contributed by atoms with van der Waals surface area (Å²) in [5, 5.41) is 2.65. The predicted molar refractivity (Wildman–Crippen MR) is 70.5 cm³/mol. The zero-order chi connectivity index (χ0) is 14.7. The molecule has 0 aliphatic heterocycles. The zero-order valence-electron chi connectivity index (χ0n) is 9.88. The predicted octanol–water partition coefficient (Wildman–Crippen LogP) is 2.43. The Morgan fingerprint density at radius 2 is 1.95 bits per heavy atom. The molecule has 0 saturated heterocycles. The van der Waals surface area contributed by atoms with E-state index >= 15 is 0 Å². The largest absolute Gasteiger partial charge is 0.417 e. The van der Waals surface area contributed by atoms with Crippen molar-refractivity contribution in [3.63, 3.8) is 0 Å². The Morgan fingerprint density at radius 1 is 1.32 bits per heavy atom. The van der Waals surface area contributed by atoms with E-state index in [1.54, 1.807) is 7.05 Å². The highest BCUT2D eigenvalue weighted by Gasteiger charge is 2.33. The zero-order valence-corrected chi connectivity index (χ0v) is 12.3. The fraction of sp³-hybridized carbons (Fsp3) is 0.400. The minimum atomic E-state index is -4.55. The smallest absolute Gasteiger partial charge is 0.319 e. The third kappa shape index (κ3) is 5.00. The lowest BCUT2D eigenvalue weighted by Crippen LogP contribution is -2.24. The molecule has 0 radical (unpaired) electrons. The standard InChI is InChI=1S/C10H12BrF3N2O2S/c1-15-4-5-19(17,18)16-7-2-3-9(11)8(6-7)10(12,13)14/h2-3,6,15-16H,4-5H2,1H3. The average molecular weight is 361 g/mol. The molecular weight excluding hydrogens is 349 g/mol. The fourth-order valence-electron chi connectivity index (χ4n) is 1.27. The van der Waals surface area contributed by atoms with Gasteiger partial charge in [-0.25, -0.2) is 8.42 Å². The van der Waals surface area contributed by atoms with Gasteiger partial charge in [0.25, 0.3) is 0 Å². The molecule has 2 N–H and O–H groups in total. The van der Waals surface area contributed by atoms with Crippen molar-refractivity contribution >= 4 is 31.6 Å². The molecule has 0 aromatic heterocycles. The first-order valence-corrected chi connectivity index (χ1v) is 7.62. The quantitative estimate of drug-likeness (QED) is 0.847. The van der Waals surface area contributed by atoms with Crippen LogP contribution in [-0.4, -0.2) is 27.8 Å². The molecule has 1 aromatic rings. The Bertz CT molecular complexity index is 546. The summed E-state index contributed by atoms with van der Waals surface area (Å²) in [6.45, 7) is 0.206. The van der Waals surface area contributed by atoms with E-state index in [9.17, 15) is 21.6 Å². The van der Waals surface area contributed by atoms with Crippen molar-refractivity contribution in [2.75, 3.05) is 24.1 Å². The van der Waals surface area contributed by atoms with E-state index in [4.69, 9.17) is 0 Å². The number of hydrogen-bond acceptors (Lipinski definition) is 3. The van der Waals surface area contributed by atoms with Crippen LogP contribution in [0.5, 0.6) is 0 Å². The van der Waals surface area contributed by atoms with Crippen LogP contribution in [0.1, 0.15) is 5.56 Å². The Morgan fingerprint density at radius 3 is 2.47 bits per heavy atom. The summed E-state index contributed by atoms with van der Waals surface area (Å²) in [7, 11) is -2.09. The molecule has 0 bridgehead atoms. The Kier molecular flexibility index (Phi) is 5.22. The van der Waals surface area contributed by atoms with Gasteiger partial charge in [0.15, 0.2) is 0 Å². The highest BCUT2D eigenvalue weighted by atomic mass is 79.9. The second kappa shape index (κ2) is 6.10. The van der Waals surface area contributed by atoms with Gasteiger partial charge in [-0.2, -0.15) is 13.2 Å². The van der Waals surface area contributed by atoms with Gasteiger partial charge in [-0.05, 0) is 25.2 Å². The van der Waals surface area contributed by atoms with Crippen molar-refractivity contribution in [1.82, 2.24) is 5.32 Å². The van der Waals surface area contributed by atoms with Gasteiger partial charge in [0.2, 0.25) is 10.0 Å². The lowest BCUT2D eigenvalue weighted by atomic mass is 10.2. The summed E-state index contributed by atoms with van der Waals surface area (Å²) in [6.07, 6.45) is -4.55. The van der Waals surface area contributed by atoms with E-state index in [2.05, 4.69) is 26.0 Å². The lowest BCUT2D eigenvalue weighted by Gasteiger charge is -2.12. The van der Waals surface area contributed by atoms with E-state index in [0.717, 1.165) is 12.1 Å². The first-order chi connectivity index (χ1) is 8.65. The van der Waals surface area contributed by atoms with Crippen LogP contribution in [0.15, 0.2) is 22.7 Å². The molecule has 0 aliphatic rings. The number of alkyl halides is 3. The molecule has 0 aliphatic carbocycles. The number of sulfonamides is 1. The van der Waals surface area contributed by atoms with Crippen LogP contribution in [0.3, 0.4) is 0 Å². The first-order valence-electron chi connectivity index (χ1n) is 5.17. The molecule has 0 unspecified atom stereocenters. The molecule has 0 atom stereocenters. The van der Waals surface area contributed by atoms with Crippen molar-refractivity contribution in [3.8, 4) is 0 Å². The molecular formula is C10H12BrF3N2O2S. The van der Waals surface area contributed by atoms with E-state index in [1.165, 1.54) is 6.07 Å². The van der Waals surface area contributed by atoms with E-state index in [0.29, 0.717) is 0 Å². The molecule has 19 heavy (non-hydrogen) atoms. The third-order valence-electron chi connectivity index (χ3n) is 2.17. The van der Waals surface area contributed by atoms with E-state index in [1.807, 2.05) is 0 Å². The van der Waals surface area contributed by atoms with Gasteiger partial charge in [-0.1, -0.05) is 15.9 Å². The Balaban J connectivity index is 2.98. The minimum Gasteiger partial charge on any atom is -0.319 e. The van der Waals surface area contributed by atoms with Gasteiger partial charge in [0.05, 0.1) is 11.3 Å². The molecule has 1 aromatic carbocycles. The van der Waals surface area contributed by atoms with Crippen molar-refractivity contribution in [2.45, 2.75) is 6.18 Å². The molecule has 0 amide bonds. The van der Waals surface area contributed by atoms with Crippen LogP contribution in [0, 0.1) is 0 Å². The number of nitrogens with one attached hydrogen (secondary N) is 2. The SMILES string of the molecule is CNCCS(=O)(=O)Nc1ccc(Br)c(C(F)(F)F)c1. The molecule has 4 nitrogen and oxygen atoms in total. The fourth-order valence-corrected chi connectivity index (χ4v) is 2.81. The molecule has 0 heterocycles. The average Bonchev–Trinajstić information content (AvgIpc) is 2.27. The minimum absolute atomic E-state index is 0.119. The Hall–Kier alpha value is -0.800. The van der Waals surface area contributed by atoms with Crippen LogP contribution < -0.4 is 10.0 Å². The molecule has 108 valence electrons. The topological polar surface area (TPSA) is 58.2 Å². The van der Waals surface area contributed by atoms with Gasteiger partial charge < -0.3 is 5.32 Å². The normalized spacial score (nSPS) is 12.5. The Labute approximate surface area is 117 Å². The molecule has 0 spiro atoms. The summed E-state index contributed by atoms with van der Waals surface area (Å²) < 4.78 is 63.0. The molecule has 9 heteroatoms. The highest BCUT2D eigenvalue weighted by Crippen LogP contribution is 2.36. The van der Waals surface area contributed by atoms with Crippen LogP contribution in [0.2, 0.25) is 0 Å². The summed E-state index contributed by atoms with van der Waals surface area (Å²) in [5.41, 5.74) is -1.05. The summed E-state index contributed by atoms with van der Waals surface area (Å²) in [4.78, 5) is 0. The summed E-state index contributed by atoms with van der Waals surface area (Å²) in [5.74, 6) is -0.221. The number of rotatable bonds is 5. The second-order valence-electron chi connectivity index (χ2n) is 3.72. The number of halogens is 4. The van der Waals surface area contributed by atoms with Crippen LogP contribution in [0.25, 0.3) is 0 Å².